The predicted molar refractivity (Wildman–Crippen MR) is 92.2 cm³/mol. The maximum atomic E-state index is 14.4. The number of nitrogens with one attached hydrogen (secondary N) is 1. The second kappa shape index (κ2) is 6.69. The van der Waals surface area contributed by atoms with Crippen LogP contribution in [0.4, 0.5) is 23.5 Å². The quantitative estimate of drug-likeness (QED) is 0.748. The molecule has 0 saturated heterocycles. The van der Waals surface area contributed by atoms with Gasteiger partial charge in [0.1, 0.15) is 11.3 Å². The zero-order valence-corrected chi connectivity index (χ0v) is 15.3. The van der Waals surface area contributed by atoms with E-state index in [-0.39, 0.29) is 17.5 Å². The Hall–Kier alpha value is -2.32. The van der Waals surface area contributed by atoms with Crippen LogP contribution >= 0.6 is 0 Å². The summed E-state index contributed by atoms with van der Waals surface area (Å²) in [6.45, 7) is 1.93. The lowest BCUT2D eigenvalue weighted by Crippen LogP contribution is -2.36. The second-order valence-corrected chi connectivity index (χ2v) is 7.47. The summed E-state index contributed by atoms with van der Waals surface area (Å²) in [5, 5.41) is 2.45. The van der Waals surface area contributed by atoms with E-state index >= 15 is 0 Å². The Labute approximate surface area is 153 Å². The van der Waals surface area contributed by atoms with Crippen molar-refractivity contribution in [3.05, 3.63) is 17.9 Å². The van der Waals surface area contributed by atoms with Crippen molar-refractivity contribution in [3.63, 3.8) is 0 Å². The number of hydrogen-bond acceptors (Lipinski definition) is 3. The summed E-state index contributed by atoms with van der Waals surface area (Å²) >= 11 is 0. The third-order valence-corrected chi connectivity index (χ3v) is 5.02. The summed E-state index contributed by atoms with van der Waals surface area (Å²) in [5.41, 5.74) is -1.69. The molecule has 0 bridgehead atoms. The molecule has 1 amide bonds. The molecule has 0 atom stereocenters. The Morgan fingerprint density at radius 2 is 2.00 bits per heavy atom. The van der Waals surface area contributed by atoms with Crippen molar-refractivity contribution in [1.82, 2.24) is 9.55 Å². The fourth-order valence-corrected chi connectivity index (χ4v) is 3.02. The Morgan fingerprint density at radius 1 is 1.33 bits per heavy atom. The molecule has 1 aromatic heterocycles. The van der Waals surface area contributed by atoms with Crippen molar-refractivity contribution in [1.29, 1.82) is 0 Å². The highest BCUT2D eigenvalue weighted by molar-refractivity contribution is 5.92. The number of ether oxygens (including phenoxy) is 1. The molecule has 148 valence electrons. The molecule has 1 heterocycles. The van der Waals surface area contributed by atoms with Gasteiger partial charge in [0.05, 0.1) is 18.0 Å². The first-order chi connectivity index (χ1) is 12.5. The number of carbonyl (C=O) groups is 1. The second-order valence-electron chi connectivity index (χ2n) is 7.47. The number of methoxy groups -OCH3 is 1. The van der Waals surface area contributed by atoms with Gasteiger partial charge in [-0.25, -0.2) is 9.37 Å². The first-order valence-electron chi connectivity index (χ1n) is 8.65. The van der Waals surface area contributed by atoms with Crippen LogP contribution in [-0.4, -0.2) is 28.7 Å². The van der Waals surface area contributed by atoms with Crippen LogP contribution in [-0.2, 0) is 4.79 Å². The van der Waals surface area contributed by atoms with Gasteiger partial charge in [0.25, 0.3) is 0 Å². The third-order valence-electron chi connectivity index (χ3n) is 5.02. The molecule has 0 unspecified atom stereocenters. The van der Waals surface area contributed by atoms with Gasteiger partial charge in [-0.05, 0) is 19.3 Å². The molecule has 5 nitrogen and oxygen atoms in total. The van der Waals surface area contributed by atoms with Crippen molar-refractivity contribution in [2.24, 2.45) is 5.41 Å². The highest BCUT2D eigenvalue weighted by atomic mass is 19.4. The highest BCUT2D eigenvalue weighted by Gasteiger charge is 2.48. The van der Waals surface area contributed by atoms with Crippen molar-refractivity contribution < 1.29 is 27.1 Å². The van der Waals surface area contributed by atoms with E-state index in [1.807, 2.05) is 0 Å². The van der Waals surface area contributed by atoms with Gasteiger partial charge in [-0.3, -0.25) is 10.1 Å². The first kappa shape index (κ1) is 19.4. The minimum atomic E-state index is -4.52. The topological polar surface area (TPSA) is 56.1 Å². The van der Waals surface area contributed by atoms with Gasteiger partial charge in [0.2, 0.25) is 11.9 Å². The van der Waals surface area contributed by atoms with Gasteiger partial charge in [0.15, 0.2) is 5.82 Å². The Bertz CT molecular complexity index is 870. The number of hydrogen-bond donors (Lipinski definition) is 1. The largest absolute Gasteiger partial charge is 0.497 e. The standard InChI is InChI=1S/C18H21F4N3O2/c1-17(2,18(20,21)22)9-14(26)23-16-24-15-12(19)7-11(27-3)8-13(15)25(16)10-5-4-6-10/h7-8,10H,4-6,9H2,1-3H3,(H,23,24,26). The predicted octanol–water partition coefficient (Wildman–Crippen LogP) is 4.83. The maximum absolute atomic E-state index is 14.4. The van der Waals surface area contributed by atoms with Gasteiger partial charge in [-0.1, -0.05) is 13.8 Å². The molecule has 9 heteroatoms. The molecule has 1 saturated carbocycles. The van der Waals surface area contributed by atoms with Crippen LogP contribution in [0.1, 0.15) is 45.6 Å². The summed E-state index contributed by atoms with van der Waals surface area (Å²) in [6.07, 6.45) is -2.65. The molecule has 0 spiro atoms. The number of imidazole rings is 1. The summed E-state index contributed by atoms with van der Waals surface area (Å²) in [4.78, 5) is 16.4. The number of anilines is 1. The van der Waals surface area contributed by atoms with Crippen molar-refractivity contribution in [2.75, 3.05) is 12.4 Å². The first-order valence-corrected chi connectivity index (χ1v) is 8.65. The highest BCUT2D eigenvalue weighted by Crippen LogP contribution is 2.41. The normalized spacial score (nSPS) is 15.7. The van der Waals surface area contributed by atoms with Crippen molar-refractivity contribution in [3.8, 4) is 5.75 Å². The average Bonchev–Trinajstić information content (AvgIpc) is 2.83. The Balaban J connectivity index is 1.96. The SMILES string of the molecule is COc1cc(F)c2nc(NC(=O)CC(C)(C)C(F)(F)F)n(C3CCC3)c2c1. The number of alkyl halides is 3. The third kappa shape index (κ3) is 3.59. The molecular formula is C18H21F4N3O2. The summed E-state index contributed by atoms with van der Waals surface area (Å²) in [7, 11) is 1.41. The number of halogens is 4. The lowest BCUT2D eigenvalue weighted by Gasteiger charge is -2.30. The molecule has 0 radical (unpaired) electrons. The zero-order chi connectivity index (χ0) is 20.0. The number of fused-ring (bicyclic) bond motifs is 1. The van der Waals surface area contributed by atoms with E-state index in [9.17, 15) is 22.4 Å². The minimum absolute atomic E-state index is 0.00688. The average molecular weight is 387 g/mol. The van der Waals surface area contributed by atoms with E-state index in [1.54, 1.807) is 10.6 Å². The minimum Gasteiger partial charge on any atom is -0.497 e. The van der Waals surface area contributed by atoms with Gasteiger partial charge in [-0.15, -0.1) is 0 Å². The summed E-state index contributed by atoms with van der Waals surface area (Å²) < 4.78 is 60.3. The van der Waals surface area contributed by atoms with Crippen LogP contribution in [0.15, 0.2) is 12.1 Å². The Kier molecular flexibility index (Phi) is 4.81. The monoisotopic (exact) mass is 387 g/mol. The van der Waals surface area contributed by atoms with E-state index in [4.69, 9.17) is 4.74 Å². The molecule has 1 fully saturated rings. The molecule has 1 N–H and O–H groups in total. The van der Waals surface area contributed by atoms with E-state index in [2.05, 4.69) is 10.3 Å². The van der Waals surface area contributed by atoms with Gasteiger partial charge in [0, 0.05) is 24.6 Å². The number of rotatable bonds is 5. The van der Waals surface area contributed by atoms with Gasteiger partial charge in [-0.2, -0.15) is 13.2 Å². The van der Waals surface area contributed by atoms with Crippen LogP contribution in [0.5, 0.6) is 5.75 Å². The molecule has 1 aromatic carbocycles. The van der Waals surface area contributed by atoms with Gasteiger partial charge >= 0.3 is 6.18 Å². The van der Waals surface area contributed by atoms with Crippen LogP contribution in [0.2, 0.25) is 0 Å². The fourth-order valence-electron chi connectivity index (χ4n) is 3.02. The number of amides is 1. The van der Waals surface area contributed by atoms with E-state index in [0.717, 1.165) is 33.1 Å². The maximum Gasteiger partial charge on any atom is 0.394 e. The van der Waals surface area contributed by atoms with Crippen molar-refractivity contribution in [2.45, 2.75) is 51.7 Å². The summed E-state index contributed by atoms with van der Waals surface area (Å²) in [6, 6.07) is 2.80. The number of benzene rings is 1. The smallest absolute Gasteiger partial charge is 0.394 e. The molecule has 2 aromatic rings. The van der Waals surface area contributed by atoms with Crippen LogP contribution in [0.3, 0.4) is 0 Å². The lowest BCUT2D eigenvalue weighted by atomic mass is 9.88. The number of aromatic nitrogens is 2. The zero-order valence-electron chi connectivity index (χ0n) is 15.3. The van der Waals surface area contributed by atoms with Crippen molar-refractivity contribution >= 4 is 22.9 Å². The molecular weight excluding hydrogens is 366 g/mol. The molecule has 1 aliphatic rings. The molecule has 0 aliphatic heterocycles. The number of carbonyl (C=O) groups excluding carboxylic acids is 1. The van der Waals surface area contributed by atoms with E-state index in [1.165, 1.54) is 13.2 Å². The van der Waals surface area contributed by atoms with Crippen LogP contribution < -0.4 is 10.1 Å². The number of nitrogens with zero attached hydrogens (tertiary/aromatic N) is 2. The molecule has 3 rings (SSSR count). The Morgan fingerprint density at radius 3 is 2.52 bits per heavy atom. The molecule has 27 heavy (non-hydrogen) atoms. The molecule has 1 aliphatic carbocycles. The lowest BCUT2D eigenvalue weighted by molar-refractivity contribution is -0.213. The summed E-state index contributed by atoms with van der Waals surface area (Å²) in [5.74, 6) is -1.07. The van der Waals surface area contributed by atoms with E-state index in [0.29, 0.717) is 11.3 Å². The van der Waals surface area contributed by atoms with Crippen LogP contribution in [0, 0.1) is 11.2 Å². The van der Waals surface area contributed by atoms with Crippen LogP contribution in [0.25, 0.3) is 11.0 Å². The van der Waals surface area contributed by atoms with E-state index < -0.39 is 29.7 Å². The van der Waals surface area contributed by atoms with Gasteiger partial charge < -0.3 is 9.30 Å². The fraction of sp³-hybridized carbons (Fsp3) is 0.556.